The van der Waals surface area contributed by atoms with E-state index in [9.17, 15) is 0 Å². The Kier molecular flexibility index (Phi) is 7.42. The van der Waals surface area contributed by atoms with Crippen molar-refractivity contribution in [2.75, 3.05) is 0 Å². The minimum Gasteiger partial charge on any atom is -0.307 e. The van der Waals surface area contributed by atoms with E-state index in [1.54, 1.807) is 0 Å². The van der Waals surface area contributed by atoms with Gasteiger partial charge < -0.3 is 9.13 Å². The summed E-state index contributed by atoms with van der Waals surface area (Å²) in [5.41, 5.74) is 13.7. The van der Waals surface area contributed by atoms with Gasteiger partial charge in [0.05, 0.1) is 44.8 Å². The van der Waals surface area contributed by atoms with Gasteiger partial charge in [-0.3, -0.25) is 4.98 Å². The molecular weight excluding hydrogens is 683 g/mol. The monoisotopic (exact) mass is 715 g/mol. The summed E-state index contributed by atoms with van der Waals surface area (Å²) in [6.45, 7) is 0. The molecule has 5 nitrogen and oxygen atoms in total. The van der Waals surface area contributed by atoms with Gasteiger partial charge in [-0.05, 0) is 60.2 Å². The Hall–Kier alpha value is -7.63. The maximum Gasteiger partial charge on any atom is 0.161 e. The van der Waals surface area contributed by atoms with Gasteiger partial charge in [-0.1, -0.05) is 133 Å². The maximum atomic E-state index is 5.07. The second-order valence-corrected chi connectivity index (χ2v) is 14.1. The summed E-state index contributed by atoms with van der Waals surface area (Å²) in [5, 5.41) is 4.86. The summed E-state index contributed by atoms with van der Waals surface area (Å²) in [5.74, 6) is 0.638. The molecule has 0 unspecified atom stereocenters. The van der Waals surface area contributed by atoms with Crippen molar-refractivity contribution in [1.82, 2.24) is 24.1 Å². The molecule has 11 aromatic rings. The Balaban J connectivity index is 1.07. The van der Waals surface area contributed by atoms with Gasteiger partial charge in [-0.25, -0.2) is 9.97 Å². The average Bonchev–Trinajstić information content (AvgIpc) is 3.79. The zero-order valence-corrected chi connectivity index (χ0v) is 30.3. The van der Waals surface area contributed by atoms with E-state index in [1.807, 2.05) is 48.8 Å². The number of pyridine rings is 1. The maximum absolute atomic E-state index is 5.07. The van der Waals surface area contributed by atoms with Crippen LogP contribution < -0.4 is 0 Å². The first-order valence-corrected chi connectivity index (χ1v) is 18.9. The zero-order valence-electron chi connectivity index (χ0n) is 30.3. The van der Waals surface area contributed by atoms with E-state index in [4.69, 9.17) is 15.0 Å². The van der Waals surface area contributed by atoms with Crippen LogP contribution in [0.25, 0.3) is 100 Å². The lowest BCUT2D eigenvalue weighted by Crippen LogP contribution is -2.03. The number of aromatic nitrogens is 5. The van der Waals surface area contributed by atoms with Gasteiger partial charge in [0.2, 0.25) is 0 Å². The first-order chi connectivity index (χ1) is 27.8. The van der Waals surface area contributed by atoms with Crippen LogP contribution in [0.4, 0.5) is 0 Å². The van der Waals surface area contributed by atoms with E-state index in [0.717, 1.165) is 61.6 Å². The smallest absolute Gasteiger partial charge is 0.161 e. The van der Waals surface area contributed by atoms with Crippen molar-refractivity contribution in [3.05, 3.63) is 200 Å². The highest BCUT2D eigenvalue weighted by Crippen LogP contribution is 2.39. The fourth-order valence-electron chi connectivity index (χ4n) is 8.25. The molecule has 5 heteroatoms. The summed E-state index contributed by atoms with van der Waals surface area (Å²) >= 11 is 0. The van der Waals surface area contributed by atoms with Gasteiger partial charge in [-0.2, -0.15) is 0 Å². The molecular formula is C51H33N5. The quantitative estimate of drug-likeness (QED) is 0.172. The number of nitrogens with zero attached hydrogens (tertiary/aromatic N) is 5. The van der Waals surface area contributed by atoms with Crippen LogP contribution in [-0.2, 0) is 0 Å². The lowest BCUT2D eigenvalue weighted by molar-refractivity contribution is 1.10. The highest BCUT2D eigenvalue weighted by molar-refractivity contribution is 6.12. The van der Waals surface area contributed by atoms with Crippen LogP contribution in [0.3, 0.4) is 0 Å². The molecule has 0 atom stereocenters. The Morgan fingerprint density at radius 3 is 1.30 bits per heavy atom. The molecule has 7 aromatic carbocycles. The van der Waals surface area contributed by atoms with Gasteiger partial charge in [-0.15, -0.1) is 0 Å². The third kappa shape index (κ3) is 5.21. The van der Waals surface area contributed by atoms with Crippen LogP contribution in [0.2, 0.25) is 0 Å². The SMILES string of the molecule is c1ccc(-c2cc(-c3ccccc3)nc(-c3cncc(-c4ccc5c(c4)c4ccccc4n5-c4ccccc4-n4c5ccccc5c5ccccc54)c3)n2)cc1. The van der Waals surface area contributed by atoms with E-state index in [0.29, 0.717) is 5.82 Å². The van der Waals surface area contributed by atoms with Crippen LogP contribution in [-0.4, -0.2) is 24.1 Å². The van der Waals surface area contributed by atoms with Crippen LogP contribution in [0, 0.1) is 0 Å². The number of rotatable bonds is 6. The normalized spacial score (nSPS) is 11.6. The summed E-state index contributed by atoms with van der Waals surface area (Å²) in [6.07, 6.45) is 3.79. The second kappa shape index (κ2) is 13.0. The van der Waals surface area contributed by atoms with E-state index < -0.39 is 0 Å². The molecule has 56 heavy (non-hydrogen) atoms. The van der Waals surface area contributed by atoms with Crippen LogP contribution in [0.1, 0.15) is 0 Å². The van der Waals surface area contributed by atoms with Crippen LogP contribution in [0.5, 0.6) is 0 Å². The number of hydrogen-bond donors (Lipinski definition) is 0. The van der Waals surface area contributed by atoms with Crippen molar-refractivity contribution in [2.24, 2.45) is 0 Å². The molecule has 262 valence electrons. The molecule has 0 aliphatic carbocycles. The van der Waals surface area contributed by atoms with Crippen molar-refractivity contribution in [2.45, 2.75) is 0 Å². The Morgan fingerprint density at radius 1 is 0.304 bits per heavy atom. The average molecular weight is 716 g/mol. The third-order valence-electron chi connectivity index (χ3n) is 10.8. The standard InChI is InChI=1S/C51H33N5/c1-3-15-34(16-4-1)43-31-44(35-17-5-2-6-18-35)54-51(53-43)38-29-37(32-52-33-38)36-27-28-48-42(30-36)41-21-9-12-24-47(41)56(48)50-26-14-13-25-49(50)55-45-22-10-7-19-39(45)40-20-8-11-23-46(40)55/h1-33H. The molecule has 0 N–H and O–H groups in total. The third-order valence-corrected chi connectivity index (χ3v) is 10.8. The Labute approximate surface area is 323 Å². The molecule has 0 amide bonds. The molecule has 4 aromatic heterocycles. The van der Waals surface area contributed by atoms with Gasteiger partial charge in [0.1, 0.15) is 0 Å². The van der Waals surface area contributed by atoms with Crippen LogP contribution >= 0.6 is 0 Å². The summed E-state index contributed by atoms with van der Waals surface area (Å²) in [4.78, 5) is 14.9. The number of fused-ring (bicyclic) bond motifs is 6. The predicted molar refractivity (Wildman–Crippen MR) is 230 cm³/mol. The molecule has 0 fully saturated rings. The highest BCUT2D eigenvalue weighted by Gasteiger charge is 2.19. The lowest BCUT2D eigenvalue weighted by atomic mass is 10.0. The van der Waals surface area contributed by atoms with E-state index >= 15 is 0 Å². The molecule has 0 radical (unpaired) electrons. The van der Waals surface area contributed by atoms with Crippen molar-refractivity contribution in [3.8, 4) is 56.4 Å². The zero-order chi connectivity index (χ0) is 37.0. The molecule has 0 saturated heterocycles. The minimum atomic E-state index is 0.638. The highest BCUT2D eigenvalue weighted by atomic mass is 15.1. The summed E-state index contributed by atoms with van der Waals surface area (Å²) < 4.78 is 4.82. The fourth-order valence-corrected chi connectivity index (χ4v) is 8.25. The molecule has 0 aliphatic rings. The van der Waals surface area contributed by atoms with Gasteiger partial charge in [0, 0.05) is 56.2 Å². The first kappa shape index (κ1) is 31.9. The molecule has 0 bridgehead atoms. The van der Waals surface area contributed by atoms with Crippen LogP contribution in [0.15, 0.2) is 200 Å². The number of hydrogen-bond acceptors (Lipinski definition) is 3. The van der Waals surface area contributed by atoms with Crippen molar-refractivity contribution in [1.29, 1.82) is 0 Å². The Bertz CT molecular complexity index is 3140. The van der Waals surface area contributed by atoms with Crippen molar-refractivity contribution >= 4 is 43.6 Å². The van der Waals surface area contributed by atoms with Crippen molar-refractivity contribution < 1.29 is 0 Å². The topological polar surface area (TPSA) is 48.5 Å². The summed E-state index contributed by atoms with van der Waals surface area (Å²) in [6, 6.07) is 66.3. The molecule has 4 heterocycles. The number of benzene rings is 7. The van der Waals surface area contributed by atoms with E-state index in [-0.39, 0.29) is 0 Å². The van der Waals surface area contributed by atoms with Gasteiger partial charge in [0.15, 0.2) is 5.82 Å². The molecule has 0 saturated carbocycles. The molecule has 11 rings (SSSR count). The summed E-state index contributed by atoms with van der Waals surface area (Å²) in [7, 11) is 0. The molecule has 0 spiro atoms. The van der Waals surface area contributed by atoms with Gasteiger partial charge in [0.25, 0.3) is 0 Å². The fraction of sp³-hybridized carbons (Fsp3) is 0. The van der Waals surface area contributed by atoms with Crippen molar-refractivity contribution in [3.63, 3.8) is 0 Å². The van der Waals surface area contributed by atoms with E-state index in [1.165, 1.54) is 32.6 Å². The number of para-hydroxylation sites is 5. The minimum absolute atomic E-state index is 0.638. The van der Waals surface area contributed by atoms with Gasteiger partial charge >= 0.3 is 0 Å². The predicted octanol–water partition coefficient (Wildman–Crippen LogP) is 12.7. The second-order valence-electron chi connectivity index (χ2n) is 14.1. The van der Waals surface area contributed by atoms with E-state index in [2.05, 4.69) is 161 Å². The largest absolute Gasteiger partial charge is 0.307 e. The first-order valence-electron chi connectivity index (χ1n) is 18.9. The lowest BCUT2D eigenvalue weighted by Gasteiger charge is -2.16. The Morgan fingerprint density at radius 2 is 0.750 bits per heavy atom. The molecule has 0 aliphatic heterocycles.